The molecule has 0 saturated heterocycles. The van der Waals surface area contributed by atoms with Crippen LogP contribution in [0.4, 0.5) is 5.13 Å². The number of methoxy groups -OCH3 is 1. The number of anilines is 1. The van der Waals surface area contributed by atoms with Crippen molar-refractivity contribution < 1.29 is 14.3 Å². The van der Waals surface area contributed by atoms with Crippen LogP contribution in [0.2, 0.25) is 0 Å². The van der Waals surface area contributed by atoms with Crippen molar-refractivity contribution in [2.24, 2.45) is 0 Å². The van der Waals surface area contributed by atoms with Crippen LogP contribution in [0.5, 0.6) is 11.5 Å². The number of nitrogens with zero attached hydrogens (tertiary/aromatic N) is 2. The minimum atomic E-state index is -0.508. The Kier molecular flexibility index (Phi) is 7.79. The first-order chi connectivity index (χ1) is 15.1. The van der Waals surface area contributed by atoms with Crippen LogP contribution in [0.3, 0.4) is 0 Å². The summed E-state index contributed by atoms with van der Waals surface area (Å²) in [5, 5.41) is 14.4. The maximum absolute atomic E-state index is 12.6. The first kappa shape index (κ1) is 22.1. The highest BCUT2D eigenvalue weighted by Crippen LogP contribution is 2.32. The molecule has 7 heteroatoms. The minimum absolute atomic E-state index is 0.00584. The zero-order chi connectivity index (χ0) is 22.1. The molecule has 0 aliphatic rings. The van der Waals surface area contributed by atoms with Gasteiger partial charge in [0.15, 0.2) is 5.13 Å². The monoisotopic (exact) mass is 433 g/mol. The third-order valence-corrected chi connectivity index (χ3v) is 5.19. The molecule has 158 valence electrons. The lowest BCUT2D eigenvalue weighted by molar-refractivity contribution is -0.112. The van der Waals surface area contributed by atoms with Crippen molar-refractivity contribution in [3.63, 3.8) is 0 Å². The summed E-state index contributed by atoms with van der Waals surface area (Å²) in [6.45, 7) is 2.78. The number of para-hydroxylation sites is 1. The standard InChI is InChI=1S/C24H23N3O3S/c1-3-4-13-30-19-11-9-17(10-12-19)14-18(15-25)23(28)27-24-26-21(16-31-24)20-7-5-6-8-22(20)29-2/h5-12,14,16H,3-4,13H2,1-2H3,(H,26,27,28)/b18-14+. The molecular weight excluding hydrogens is 410 g/mol. The Hall–Kier alpha value is -3.63. The number of hydrogen-bond donors (Lipinski definition) is 1. The number of thiazole rings is 1. The first-order valence-corrected chi connectivity index (χ1v) is 10.8. The number of hydrogen-bond acceptors (Lipinski definition) is 6. The fourth-order valence-electron chi connectivity index (χ4n) is 2.79. The van der Waals surface area contributed by atoms with Crippen LogP contribution < -0.4 is 14.8 Å². The number of ether oxygens (including phenoxy) is 2. The molecule has 0 fully saturated rings. The Morgan fingerprint density at radius 3 is 2.71 bits per heavy atom. The van der Waals surface area contributed by atoms with Gasteiger partial charge in [0, 0.05) is 10.9 Å². The van der Waals surface area contributed by atoms with E-state index >= 15 is 0 Å². The number of rotatable bonds is 9. The highest BCUT2D eigenvalue weighted by molar-refractivity contribution is 7.14. The van der Waals surface area contributed by atoms with E-state index in [1.807, 2.05) is 60.0 Å². The van der Waals surface area contributed by atoms with Crippen LogP contribution in [0.25, 0.3) is 17.3 Å². The highest BCUT2D eigenvalue weighted by atomic mass is 32.1. The van der Waals surface area contributed by atoms with E-state index in [9.17, 15) is 10.1 Å². The van der Waals surface area contributed by atoms with E-state index in [0.29, 0.717) is 23.2 Å². The SMILES string of the molecule is CCCCOc1ccc(/C=C(\C#N)C(=O)Nc2nc(-c3ccccc3OC)cs2)cc1. The van der Waals surface area contributed by atoms with Crippen LogP contribution in [0.15, 0.2) is 59.5 Å². The molecule has 3 rings (SSSR count). The van der Waals surface area contributed by atoms with Crippen molar-refractivity contribution in [1.29, 1.82) is 5.26 Å². The van der Waals surface area contributed by atoms with Crippen LogP contribution in [0, 0.1) is 11.3 Å². The van der Waals surface area contributed by atoms with Crippen molar-refractivity contribution in [3.8, 4) is 28.8 Å². The molecule has 3 aromatic rings. The van der Waals surface area contributed by atoms with Gasteiger partial charge in [-0.3, -0.25) is 10.1 Å². The summed E-state index contributed by atoms with van der Waals surface area (Å²) in [6, 6.07) is 16.8. The second-order valence-corrected chi connectivity index (χ2v) is 7.49. The number of unbranched alkanes of at least 4 members (excludes halogenated alkanes) is 1. The smallest absolute Gasteiger partial charge is 0.268 e. The average molecular weight is 434 g/mol. The molecule has 2 aromatic carbocycles. The number of carbonyl (C=O) groups is 1. The topological polar surface area (TPSA) is 84.2 Å². The molecule has 31 heavy (non-hydrogen) atoms. The van der Waals surface area contributed by atoms with Gasteiger partial charge in [0.2, 0.25) is 0 Å². The van der Waals surface area contributed by atoms with Crippen molar-refractivity contribution >= 4 is 28.5 Å². The predicted octanol–water partition coefficient (Wildman–Crippen LogP) is 5.54. The summed E-state index contributed by atoms with van der Waals surface area (Å²) in [4.78, 5) is 17.0. The Labute approximate surface area is 185 Å². The van der Waals surface area contributed by atoms with Gasteiger partial charge in [0.25, 0.3) is 5.91 Å². The molecular formula is C24H23N3O3S. The quantitative estimate of drug-likeness (QED) is 0.272. The Bertz CT molecular complexity index is 1100. The lowest BCUT2D eigenvalue weighted by Crippen LogP contribution is -2.13. The largest absolute Gasteiger partial charge is 0.496 e. The summed E-state index contributed by atoms with van der Waals surface area (Å²) in [5.41, 5.74) is 2.26. The maximum atomic E-state index is 12.6. The minimum Gasteiger partial charge on any atom is -0.496 e. The summed E-state index contributed by atoms with van der Waals surface area (Å²) in [5.74, 6) is 0.956. The van der Waals surface area contributed by atoms with Crippen LogP contribution >= 0.6 is 11.3 Å². The van der Waals surface area contributed by atoms with Gasteiger partial charge in [0.1, 0.15) is 23.1 Å². The molecule has 6 nitrogen and oxygen atoms in total. The zero-order valence-corrected chi connectivity index (χ0v) is 18.2. The van der Waals surface area contributed by atoms with Crippen molar-refractivity contribution in [1.82, 2.24) is 4.98 Å². The van der Waals surface area contributed by atoms with E-state index in [-0.39, 0.29) is 5.57 Å². The van der Waals surface area contributed by atoms with Crippen LogP contribution in [0.1, 0.15) is 25.3 Å². The van der Waals surface area contributed by atoms with Gasteiger partial charge in [0.05, 0.1) is 19.4 Å². The number of benzene rings is 2. The van der Waals surface area contributed by atoms with E-state index in [4.69, 9.17) is 9.47 Å². The number of nitrogens with one attached hydrogen (secondary N) is 1. The molecule has 1 amide bonds. The molecule has 0 aliphatic carbocycles. The molecule has 0 aliphatic heterocycles. The van der Waals surface area contributed by atoms with Gasteiger partial charge in [-0.25, -0.2) is 4.98 Å². The molecule has 0 unspecified atom stereocenters. The molecule has 0 spiro atoms. The van der Waals surface area contributed by atoms with Crippen molar-refractivity contribution in [2.45, 2.75) is 19.8 Å². The normalized spacial score (nSPS) is 10.9. The highest BCUT2D eigenvalue weighted by Gasteiger charge is 2.14. The Balaban J connectivity index is 1.69. The fraction of sp³-hybridized carbons (Fsp3) is 0.208. The second kappa shape index (κ2) is 11.0. The number of carbonyl (C=O) groups excluding carboxylic acids is 1. The zero-order valence-electron chi connectivity index (χ0n) is 17.4. The van der Waals surface area contributed by atoms with E-state index in [1.54, 1.807) is 13.2 Å². The van der Waals surface area contributed by atoms with Crippen LogP contribution in [-0.4, -0.2) is 24.6 Å². The van der Waals surface area contributed by atoms with E-state index in [2.05, 4.69) is 17.2 Å². The van der Waals surface area contributed by atoms with Gasteiger partial charge in [-0.1, -0.05) is 37.6 Å². The van der Waals surface area contributed by atoms with E-state index < -0.39 is 5.91 Å². The van der Waals surface area contributed by atoms with Crippen LogP contribution in [-0.2, 0) is 4.79 Å². The molecule has 0 bridgehead atoms. The summed E-state index contributed by atoms with van der Waals surface area (Å²) < 4.78 is 11.0. The maximum Gasteiger partial charge on any atom is 0.268 e. The summed E-state index contributed by atoms with van der Waals surface area (Å²) in [7, 11) is 1.60. The molecule has 1 heterocycles. The number of amides is 1. The van der Waals surface area contributed by atoms with Gasteiger partial charge in [-0.15, -0.1) is 11.3 Å². The number of nitriles is 1. The van der Waals surface area contributed by atoms with E-state index in [1.165, 1.54) is 11.3 Å². The third-order valence-electron chi connectivity index (χ3n) is 4.43. The fourth-order valence-corrected chi connectivity index (χ4v) is 3.49. The van der Waals surface area contributed by atoms with Gasteiger partial charge in [-0.2, -0.15) is 5.26 Å². The van der Waals surface area contributed by atoms with E-state index in [0.717, 1.165) is 29.7 Å². The predicted molar refractivity (Wildman–Crippen MR) is 123 cm³/mol. The molecule has 0 atom stereocenters. The first-order valence-electron chi connectivity index (χ1n) is 9.89. The van der Waals surface area contributed by atoms with Crippen molar-refractivity contribution in [3.05, 3.63) is 65.0 Å². The van der Waals surface area contributed by atoms with Gasteiger partial charge < -0.3 is 9.47 Å². The molecule has 0 saturated carbocycles. The average Bonchev–Trinajstić information content (AvgIpc) is 3.26. The third kappa shape index (κ3) is 5.93. The lowest BCUT2D eigenvalue weighted by Gasteiger charge is -2.06. The molecule has 0 radical (unpaired) electrons. The summed E-state index contributed by atoms with van der Waals surface area (Å²) in [6.07, 6.45) is 3.61. The Morgan fingerprint density at radius 2 is 2.00 bits per heavy atom. The molecule has 1 aromatic heterocycles. The lowest BCUT2D eigenvalue weighted by atomic mass is 10.1. The van der Waals surface area contributed by atoms with Crippen molar-refractivity contribution in [2.75, 3.05) is 19.0 Å². The van der Waals surface area contributed by atoms with Gasteiger partial charge in [-0.05, 0) is 42.3 Å². The van der Waals surface area contributed by atoms with Gasteiger partial charge >= 0.3 is 0 Å². The molecule has 1 N–H and O–H groups in total. The Morgan fingerprint density at radius 1 is 1.23 bits per heavy atom. The second-order valence-electron chi connectivity index (χ2n) is 6.63. The summed E-state index contributed by atoms with van der Waals surface area (Å²) >= 11 is 1.29. The number of aromatic nitrogens is 1.